The van der Waals surface area contributed by atoms with E-state index in [-0.39, 0.29) is 0 Å². The highest BCUT2D eigenvalue weighted by Crippen LogP contribution is 2.39. The van der Waals surface area contributed by atoms with Gasteiger partial charge in [0.15, 0.2) is 0 Å². The number of rotatable bonds is 10. The van der Waals surface area contributed by atoms with E-state index < -0.39 is 14.5 Å². The van der Waals surface area contributed by atoms with Crippen molar-refractivity contribution in [1.29, 1.82) is 0 Å². The third-order valence-corrected chi connectivity index (χ3v) is 7.48. The lowest BCUT2D eigenvalue weighted by atomic mass is 9.87. The lowest BCUT2D eigenvalue weighted by Gasteiger charge is -2.19. The molecule has 0 spiro atoms. The van der Waals surface area contributed by atoms with Crippen LogP contribution in [0.3, 0.4) is 0 Å². The van der Waals surface area contributed by atoms with Crippen LogP contribution >= 0.6 is 0 Å². The maximum Gasteiger partial charge on any atom is 0.461 e. The van der Waals surface area contributed by atoms with E-state index in [0.717, 1.165) is 18.4 Å². The Morgan fingerprint density at radius 3 is 1.78 bits per heavy atom. The van der Waals surface area contributed by atoms with Gasteiger partial charge in [0.2, 0.25) is 0 Å². The molecule has 1 aliphatic heterocycles. The first kappa shape index (κ1) is 16.5. The first-order valence-corrected chi connectivity index (χ1v) is 10.5. The van der Waals surface area contributed by atoms with Crippen LogP contribution in [0.5, 0.6) is 0 Å². The molecule has 2 heteroatoms. The molecule has 0 aromatic heterocycles. The van der Waals surface area contributed by atoms with Crippen molar-refractivity contribution in [2.45, 2.75) is 82.7 Å². The van der Waals surface area contributed by atoms with Crippen molar-refractivity contribution in [3.05, 3.63) is 0 Å². The molecule has 0 N–H and O–H groups in total. The molecule has 0 unspecified atom stereocenters. The van der Waals surface area contributed by atoms with Crippen LogP contribution in [-0.2, 0) is 3.79 Å². The topological polar surface area (TPSA) is 9.23 Å². The fourth-order valence-corrected chi connectivity index (χ4v) is 6.88. The van der Waals surface area contributed by atoms with Crippen molar-refractivity contribution in [2.24, 2.45) is 11.8 Å². The largest absolute Gasteiger partial charge is 0.501 e. The summed E-state index contributed by atoms with van der Waals surface area (Å²) in [6.45, 7) is 7.95. The molecule has 0 amide bonds. The number of unbranched alkanes of at least 4 members (excludes halogenated alkanes) is 3. The molecule has 1 nitrogen and oxygen atoms in total. The Balaban J connectivity index is 2.32. The van der Waals surface area contributed by atoms with Crippen molar-refractivity contribution in [3.63, 3.8) is 0 Å². The Hall–Kier alpha value is 0.492. The van der Waals surface area contributed by atoms with Gasteiger partial charge in [0.05, 0.1) is 0 Å². The van der Waals surface area contributed by atoms with Gasteiger partial charge in [0.25, 0.3) is 0 Å². The third kappa shape index (κ3) is 6.09. The van der Waals surface area contributed by atoms with Gasteiger partial charge in [-0.05, 0) is 18.3 Å². The lowest BCUT2D eigenvalue weighted by Crippen LogP contribution is -2.14. The molecule has 106 valence electrons. The summed E-state index contributed by atoms with van der Waals surface area (Å²) in [6.07, 6.45) is 11.1. The van der Waals surface area contributed by atoms with Crippen molar-refractivity contribution in [1.82, 2.24) is 0 Å². The number of hydrogen-bond acceptors (Lipinski definition) is 1. The Labute approximate surface area is 119 Å². The van der Waals surface area contributed by atoms with Crippen LogP contribution in [0.4, 0.5) is 0 Å². The van der Waals surface area contributed by atoms with Gasteiger partial charge in [-0.3, -0.25) is 0 Å². The minimum atomic E-state index is -0.814. The molecule has 0 aliphatic carbocycles. The fraction of sp³-hybridized carbons (Fsp3) is 1.00. The summed E-state index contributed by atoms with van der Waals surface area (Å²) in [4.78, 5) is 0. The molecule has 1 fully saturated rings. The van der Waals surface area contributed by atoms with E-state index in [1.165, 1.54) is 61.9 Å². The second-order valence-corrected chi connectivity index (χ2v) is 8.64. The summed E-state index contributed by atoms with van der Waals surface area (Å²) in [5.74, 6) is 2.05. The molecule has 0 aromatic carbocycles. The second kappa shape index (κ2) is 10.3. The molecular weight excluding hydrogens is 235 g/mol. The van der Waals surface area contributed by atoms with E-state index in [1.807, 2.05) is 0 Å². The quantitative estimate of drug-likeness (QED) is 0.379. The van der Waals surface area contributed by atoms with E-state index in [9.17, 15) is 0 Å². The summed E-state index contributed by atoms with van der Waals surface area (Å²) in [7, 11) is 0. The molecule has 1 aliphatic rings. The van der Waals surface area contributed by atoms with Gasteiger partial charge in [0.1, 0.15) is 0 Å². The maximum atomic E-state index is 6.20. The maximum absolute atomic E-state index is 6.20. The second-order valence-electron chi connectivity index (χ2n) is 6.12. The zero-order valence-corrected chi connectivity index (χ0v) is 14.1. The smallest absolute Gasteiger partial charge is 0.461 e. The molecule has 0 bridgehead atoms. The minimum absolute atomic E-state index is 0.814. The van der Waals surface area contributed by atoms with Crippen molar-refractivity contribution >= 4 is 14.5 Å². The van der Waals surface area contributed by atoms with Gasteiger partial charge >= 0.3 is 14.5 Å². The first-order chi connectivity index (χ1) is 8.81. The zero-order chi connectivity index (χ0) is 13.2. The molecule has 1 saturated heterocycles. The van der Waals surface area contributed by atoms with Crippen molar-refractivity contribution < 1.29 is 3.79 Å². The lowest BCUT2D eigenvalue weighted by molar-refractivity contribution is 0.312. The summed E-state index contributed by atoms with van der Waals surface area (Å²) < 4.78 is 6.20. The van der Waals surface area contributed by atoms with Crippen molar-refractivity contribution in [2.75, 3.05) is 6.61 Å². The van der Waals surface area contributed by atoms with Gasteiger partial charge in [0, 0.05) is 6.61 Å². The van der Waals surface area contributed by atoms with Gasteiger partial charge < -0.3 is 3.79 Å². The SMILES string of the molecule is CCCC[O][Al]1[CH2][C@@H](CCCC)[C@H](CCCC)[CH2]1. The monoisotopic (exact) mass is 268 g/mol. The van der Waals surface area contributed by atoms with Gasteiger partial charge in [-0.2, -0.15) is 0 Å². The van der Waals surface area contributed by atoms with E-state index in [2.05, 4.69) is 20.8 Å². The molecular formula is C16H33AlO. The Kier molecular flexibility index (Phi) is 9.47. The predicted molar refractivity (Wildman–Crippen MR) is 82.3 cm³/mol. The molecule has 18 heavy (non-hydrogen) atoms. The van der Waals surface area contributed by atoms with Crippen molar-refractivity contribution in [3.8, 4) is 0 Å². The van der Waals surface area contributed by atoms with E-state index >= 15 is 0 Å². The Bertz CT molecular complexity index is 180. The van der Waals surface area contributed by atoms with Crippen LogP contribution in [0.2, 0.25) is 10.6 Å². The molecule has 0 radical (unpaired) electrons. The third-order valence-electron chi connectivity index (χ3n) is 4.51. The first-order valence-electron chi connectivity index (χ1n) is 8.43. The van der Waals surface area contributed by atoms with Crippen LogP contribution in [-0.4, -0.2) is 21.1 Å². The highest BCUT2D eigenvalue weighted by atomic mass is 27.2. The minimum Gasteiger partial charge on any atom is -0.501 e. The van der Waals surface area contributed by atoms with Crippen LogP contribution < -0.4 is 0 Å². The summed E-state index contributed by atoms with van der Waals surface area (Å²) >= 11 is -0.814. The van der Waals surface area contributed by atoms with Gasteiger partial charge in [-0.15, -0.1) is 0 Å². The van der Waals surface area contributed by atoms with Crippen LogP contribution in [0, 0.1) is 11.8 Å². The molecule has 2 atom stereocenters. The molecule has 1 rings (SSSR count). The molecule has 0 aromatic rings. The average molecular weight is 268 g/mol. The summed E-state index contributed by atoms with van der Waals surface area (Å²) in [5.41, 5.74) is 0. The Morgan fingerprint density at radius 2 is 1.33 bits per heavy atom. The Morgan fingerprint density at radius 1 is 0.833 bits per heavy atom. The highest BCUT2D eigenvalue weighted by Gasteiger charge is 2.39. The summed E-state index contributed by atoms with van der Waals surface area (Å²) in [6, 6.07) is 0. The summed E-state index contributed by atoms with van der Waals surface area (Å²) in [5, 5.41) is 2.97. The highest BCUT2D eigenvalue weighted by molar-refractivity contribution is 6.52. The van der Waals surface area contributed by atoms with Crippen LogP contribution in [0.25, 0.3) is 0 Å². The van der Waals surface area contributed by atoms with Gasteiger partial charge in [-0.1, -0.05) is 76.3 Å². The van der Waals surface area contributed by atoms with Gasteiger partial charge in [-0.25, -0.2) is 0 Å². The average Bonchev–Trinajstić information content (AvgIpc) is 2.76. The molecule has 1 heterocycles. The number of hydrogen-bond donors (Lipinski definition) is 0. The fourth-order valence-electron chi connectivity index (χ4n) is 3.33. The molecule has 0 saturated carbocycles. The normalized spacial score (nSPS) is 23.8. The predicted octanol–water partition coefficient (Wildman–Crippen LogP) is 5.42. The standard InChI is InChI=1S/C12H24.C4H9O.Al/c1-5-7-9-11(3)12(4)10-8-6-2;1-2-3-4-5;/h11-12H,3-10H2,1-2H3;2-4H2,1H3;/q;-1;+1/t11-,12-;;/m0../s1. The van der Waals surface area contributed by atoms with Crippen LogP contribution in [0.15, 0.2) is 0 Å². The van der Waals surface area contributed by atoms with E-state index in [4.69, 9.17) is 3.79 Å². The van der Waals surface area contributed by atoms with E-state index in [0.29, 0.717) is 0 Å². The van der Waals surface area contributed by atoms with Crippen LogP contribution in [0.1, 0.15) is 72.1 Å². The zero-order valence-electron chi connectivity index (χ0n) is 12.9. The van der Waals surface area contributed by atoms with E-state index in [1.54, 1.807) is 0 Å².